The zero-order chi connectivity index (χ0) is 13.0. The molecule has 2 rings (SSSR count). The zero-order valence-electron chi connectivity index (χ0n) is 10.2. The minimum Gasteiger partial charge on any atom is -0.478 e. The highest BCUT2D eigenvalue weighted by molar-refractivity contribution is 7.11. The molecule has 0 saturated carbocycles. The second-order valence-electron chi connectivity index (χ2n) is 4.02. The first kappa shape index (κ1) is 12.6. The molecule has 0 amide bonds. The van der Waals surface area contributed by atoms with Crippen LogP contribution in [0.3, 0.4) is 0 Å². The van der Waals surface area contributed by atoms with Crippen LogP contribution in [0.25, 0.3) is 11.6 Å². The lowest BCUT2D eigenvalue weighted by Gasteiger charge is -1.98. The van der Waals surface area contributed by atoms with Crippen molar-refractivity contribution in [3.63, 3.8) is 0 Å². The molecule has 0 saturated heterocycles. The van der Waals surface area contributed by atoms with Crippen molar-refractivity contribution >= 4 is 29.0 Å². The summed E-state index contributed by atoms with van der Waals surface area (Å²) in [5, 5.41) is 11.1. The molecule has 0 aromatic carbocycles. The fourth-order valence-electron chi connectivity index (χ4n) is 1.78. The summed E-state index contributed by atoms with van der Waals surface area (Å²) in [7, 11) is 0. The van der Waals surface area contributed by atoms with Crippen LogP contribution in [0.1, 0.15) is 23.8 Å². The summed E-state index contributed by atoms with van der Waals surface area (Å²) in [4.78, 5) is 12.0. The van der Waals surface area contributed by atoms with E-state index in [1.54, 1.807) is 6.08 Å². The Kier molecular flexibility index (Phi) is 3.99. The minimum atomic E-state index is -0.888. The Hall–Kier alpha value is -1.81. The quantitative estimate of drug-likeness (QED) is 0.836. The number of thiophene rings is 1. The van der Waals surface area contributed by atoms with Gasteiger partial charge in [0, 0.05) is 23.8 Å². The molecule has 0 aliphatic carbocycles. The summed E-state index contributed by atoms with van der Waals surface area (Å²) < 4.78 is 2.07. The molecule has 0 atom stereocenters. The smallest absolute Gasteiger partial charge is 0.337 e. The normalized spacial score (nSPS) is 11.7. The lowest BCUT2D eigenvalue weighted by atomic mass is 10.1. The van der Waals surface area contributed by atoms with Crippen LogP contribution < -0.4 is 0 Å². The first-order chi connectivity index (χ1) is 8.70. The molecule has 3 nitrogen and oxygen atoms in total. The van der Waals surface area contributed by atoms with Gasteiger partial charge in [0.25, 0.3) is 0 Å². The highest BCUT2D eigenvalue weighted by atomic mass is 32.1. The van der Waals surface area contributed by atoms with Gasteiger partial charge in [-0.25, -0.2) is 4.79 Å². The predicted molar refractivity (Wildman–Crippen MR) is 74.5 cm³/mol. The standard InChI is InChI=1S/C14H15NO2S/c1-2-6-15-7-5-11(10-15)9-12(14(16)17)13-4-3-8-18-13/h3-5,7-10H,2,6H2,1H3,(H,16,17). The van der Waals surface area contributed by atoms with E-state index in [-0.39, 0.29) is 0 Å². The number of carboxylic acid groups (broad SMARTS) is 1. The molecule has 94 valence electrons. The molecule has 0 unspecified atom stereocenters. The van der Waals surface area contributed by atoms with Crippen molar-refractivity contribution in [2.75, 3.05) is 0 Å². The van der Waals surface area contributed by atoms with Crippen LogP contribution in [-0.4, -0.2) is 15.6 Å². The predicted octanol–water partition coefficient (Wildman–Crippen LogP) is 3.58. The zero-order valence-corrected chi connectivity index (χ0v) is 11.0. The second-order valence-corrected chi connectivity index (χ2v) is 4.97. The number of aromatic nitrogens is 1. The molecular formula is C14H15NO2S. The van der Waals surface area contributed by atoms with Crippen molar-refractivity contribution in [2.24, 2.45) is 0 Å². The van der Waals surface area contributed by atoms with Gasteiger partial charge in [-0.15, -0.1) is 11.3 Å². The van der Waals surface area contributed by atoms with E-state index in [0.717, 1.165) is 23.4 Å². The van der Waals surface area contributed by atoms with Gasteiger partial charge in [-0.05, 0) is 35.6 Å². The number of rotatable bonds is 5. The summed E-state index contributed by atoms with van der Waals surface area (Å²) in [6.07, 6.45) is 6.73. The molecule has 1 N–H and O–H groups in total. The molecular weight excluding hydrogens is 246 g/mol. The maximum Gasteiger partial charge on any atom is 0.337 e. The van der Waals surface area contributed by atoms with Gasteiger partial charge >= 0.3 is 5.97 Å². The second kappa shape index (κ2) is 5.69. The molecule has 4 heteroatoms. The summed E-state index contributed by atoms with van der Waals surface area (Å²) in [6, 6.07) is 5.62. The van der Waals surface area contributed by atoms with Gasteiger partial charge < -0.3 is 9.67 Å². The van der Waals surface area contributed by atoms with Crippen LogP contribution in [0.2, 0.25) is 0 Å². The van der Waals surface area contributed by atoms with E-state index < -0.39 is 5.97 Å². The van der Waals surface area contributed by atoms with Crippen LogP contribution in [0.4, 0.5) is 0 Å². The largest absolute Gasteiger partial charge is 0.478 e. The summed E-state index contributed by atoms with van der Waals surface area (Å²) >= 11 is 1.44. The number of nitrogens with zero attached hydrogens (tertiary/aromatic N) is 1. The Balaban J connectivity index is 2.30. The first-order valence-electron chi connectivity index (χ1n) is 5.85. The molecule has 2 heterocycles. The van der Waals surface area contributed by atoms with Crippen LogP contribution in [0, 0.1) is 0 Å². The maximum atomic E-state index is 11.3. The summed E-state index contributed by atoms with van der Waals surface area (Å²) in [6.45, 7) is 3.07. The van der Waals surface area contributed by atoms with Crippen LogP contribution >= 0.6 is 11.3 Å². The highest BCUT2D eigenvalue weighted by Gasteiger charge is 2.11. The van der Waals surface area contributed by atoms with Gasteiger partial charge in [-0.1, -0.05) is 13.0 Å². The van der Waals surface area contributed by atoms with Crippen molar-refractivity contribution < 1.29 is 9.90 Å². The number of aliphatic carboxylic acids is 1. The maximum absolute atomic E-state index is 11.3. The molecule has 2 aromatic rings. The topological polar surface area (TPSA) is 42.2 Å². The Morgan fingerprint density at radius 2 is 2.33 bits per heavy atom. The van der Waals surface area contributed by atoms with E-state index in [9.17, 15) is 9.90 Å². The average molecular weight is 261 g/mol. The molecule has 0 spiro atoms. The number of carbonyl (C=O) groups is 1. The Morgan fingerprint density at radius 1 is 1.50 bits per heavy atom. The molecule has 0 aliphatic heterocycles. The lowest BCUT2D eigenvalue weighted by Crippen LogP contribution is -1.97. The minimum absolute atomic E-state index is 0.347. The van der Waals surface area contributed by atoms with Crippen molar-refractivity contribution in [1.82, 2.24) is 4.57 Å². The number of hydrogen-bond acceptors (Lipinski definition) is 2. The van der Waals surface area contributed by atoms with Gasteiger partial charge in [-0.3, -0.25) is 0 Å². The van der Waals surface area contributed by atoms with Gasteiger partial charge in [0.1, 0.15) is 0 Å². The number of hydrogen-bond donors (Lipinski definition) is 1. The third-order valence-electron chi connectivity index (χ3n) is 2.58. The van der Waals surface area contributed by atoms with Crippen LogP contribution in [0.15, 0.2) is 36.0 Å². The summed E-state index contributed by atoms with van der Waals surface area (Å²) in [5.74, 6) is -0.888. The molecule has 0 aliphatic rings. The van der Waals surface area contributed by atoms with E-state index in [0.29, 0.717) is 5.57 Å². The van der Waals surface area contributed by atoms with E-state index in [1.807, 2.05) is 36.0 Å². The SMILES string of the molecule is CCCn1ccc(C=C(C(=O)O)c2cccs2)c1. The first-order valence-corrected chi connectivity index (χ1v) is 6.73. The van der Waals surface area contributed by atoms with Crippen LogP contribution in [-0.2, 0) is 11.3 Å². The van der Waals surface area contributed by atoms with E-state index in [4.69, 9.17) is 0 Å². The van der Waals surface area contributed by atoms with Crippen molar-refractivity contribution in [3.05, 3.63) is 46.4 Å². The molecule has 0 radical (unpaired) electrons. The number of carboxylic acids is 1. The van der Waals surface area contributed by atoms with Crippen molar-refractivity contribution in [3.8, 4) is 0 Å². The lowest BCUT2D eigenvalue weighted by molar-refractivity contribution is -0.130. The van der Waals surface area contributed by atoms with E-state index >= 15 is 0 Å². The highest BCUT2D eigenvalue weighted by Crippen LogP contribution is 2.23. The van der Waals surface area contributed by atoms with Crippen LogP contribution in [0.5, 0.6) is 0 Å². The average Bonchev–Trinajstić information content (AvgIpc) is 2.96. The van der Waals surface area contributed by atoms with Gasteiger partial charge in [0.05, 0.1) is 5.57 Å². The molecule has 18 heavy (non-hydrogen) atoms. The third-order valence-corrected chi connectivity index (χ3v) is 3.49. The van der Waals surface area contributed by atoms with Gasteiger partial charge in [0.15, 0.2) is 0 Å². The molecule has 0 bridgehead atoms. The van der Waals surface area contributed by atoms with Gasteiger partial charge in [0.2, 0.25) is 0 Å². The fraction of sp³-hybridized carbons (Fsp3) is 0.214. The summed E-state index contributed by atoms with van der Waals surface area (Å²) in [5.41, 5.74) is 1.27. The molecule has 0 fully saturated rings. The molecule has 2 aromatic heterocycles. The van der Waals surface area contributed by atoms with E-state index in [1.165, 1.54) is 11.3 Å². The third kappa shape index (κ3) is 2.90. The van der Waals surface area contributed by atoms with Crippen molar-refractivity contribution in [1.29, 1.82) is 0 Å². The Morgan fingerprint density at radius 3 is 2.94 bits per heavy atom. The van der Waals surface area contributed by atoms with E-state index in [2.05, 4.69) is 11.5 Å². The Labute approximate surface area is 110 Å². The van der Waals surface area contributed by atoms with Gasteiger partial charge in [-0.2, -0.15) is 0 Å². The van der Waals surface area contributed by atoms with Crippen molar-refractivity contribution in [2.45, 2.75) is 19.9 Å². The fourth-order valence-corrected chi connectivity index (χ4v) is 2.51. The Bertz CT molecular complexity index is 552. The number of aryl methyl sites for hydroxylation is 1. The monoisotopic (exact) mass is 261 g/mol.